The molecule has 0 heterocycles. The van der Waals surface area contributed by atoms with Crippen molar-refractivity contribution in [1.29, 1.82) is 0 Å². The molecular weight excluding hydrogens is 203 g/mol. The number of benzene rings is 1. The van der Waals surface area contributed by atoms with Gasteiger partial charge in [-0.15, -0.1) is 0 Å². The Hall–Kier alpha value is -1.09. The Balaban J connectivity index is 1.99. The molecule has 1 aromatic rings. The van der Waals surface area contributed by atoms with E-state index >= 15 is 0 Å². The minimum atomic E-state index is -0.210. The highest BCUT2D eigenvalue weighted by Crippen LogP contribution is 2.34. The van der Waals surface area contributed by atoms with Gasteiger partial charge in [0.15, 0.2) is 0 Å². The molecule has 3 heteroatoms. The van der Waals surface area contributed by atoms with Gasteiger partial charge in [0, 0.05) is 23.3 Å². The van der Waals surface area contributed by atoms with Crippen LogP contribution in [-0.4, -0.2) is 5.54 Å². The van der Waals surface area contributed by atoms with E-state index in [0.29, 0.717) is 17.8 Å². The highest BCUT2D eigenvalue weighted by molar-refractivity contribution is 5.40. The normalized spacial score (nSPS) is 18.1. The van der Waals surface area contributed by atoms with Gasteiger partial charge in [-0.3, -0.25) is 0 Å². The van der Waals surface area contributed by atoms with Crippen molar-refractivity contribution < 1.29 is 4.39 Å². The minimum absolute atomic E-state index is 0.210. The van der Waals surface area contributed by atoms with E-state index in [1.165, 1.54) is 25.3 Å². The molecule has 0 unspecified atom stereocenters. The fourth-order valence-corrected chi connectivity index (χ4v) is 2.25. The summed E-state index contributed by atoms with van der Waals surface area (Å²) in [4.78, 5) is 0. The van der Waals surface area contributed by atoms with Crippen molar-refractivity contribution in [3.05, 3.63) is 29.6 Å². The van der Waals surface area contributed by atoms with Crippen LogP contribution in [0, 0.1) is 5.82 Å². The summed E-state index contributed by atoms with van der Waals surface area (Å²) < 4.78 is 13.5. The first-order chi connectivity index (χ1) is 7.65. The van der Waals surface area contributed by atoms with Gasteiger partial charge in [0.05, 0.1) is 0 Å². The Morgan fingerprint density at radius 3 is 2.69 bits per heavy atom. The third-order valence-electron chi connectivity index (χ3n) is 3.72. The number of rotatable bonds is 4. The van der Waals surface area contributed by atoms with Crippen LogP contribution < -0.4 is 11.1 Å². The largest absolute Gasteiger partial charge is 0.399 e. The standard InChI is InChI=1S/C13H19FN2/c1-2-13(6-3-7-13)16-9-10-4-5-11(15)8-12(10)14/h4-5,8,16H,2-3,6-7,9,15H2,1H3. The first-order valence-corrected chi connectivity index (χ1v) is 5.94. The molecule has 3 N–H and O–H groups in total. The van der Waals surface area contributed by atoms with Crippen molar-refractivity contribution in [2.24, 2.45) is 0 Å². The molecular formula is C13H19FN2. The molecule has 2 rings (SSSR count). The lowest BCUT2D eigenvalue weighted by Crippen LogP contribution is -2.49. The van der Waals surface area contributed by atoms with Gasteiger partial charge in [0.1, 0.15) is 5.82 Å². The maximum atomic E-state index is 13.5. The smallest absolute Gasteiger partial charge is 0.129 e. The van der Waals surface area contributed by atoms with Gasteiger partial charge in [-0.1, -0.05) is 13.0 Å². The third-order valence-corrected chi connectivity index (χ3v) is 3.72. The summed E-state index contributed by atoms with van der Waals surface area (Å²) in [5.74, 6) is -0.210. The Morgan fingerprint density at radius 2 is 2.19 bits per heavy atom. The molecule has 1 fully saturated rings. The molecule has 88 valence electrons. The zero-order chi connectivity index (χ0) is 11.6. The second kappa shape index (κ2) is 4.42. The maximum absolute atomic E-state index is 13.5. The first kappa shape index (κ1) is 11.4. The van der Waals surface area contributed by atoms with Gasteiger partial charge >= 0.3 is 0 Å². The number of nitrogens with one attached hydrogen (secondary N) is 1. The molecule has 0 spiro atoms. The third kappa shape index (κ3) is 2.19. The van der Waals surface area contributed by atoms with Gasteiger partial charge in [0.25, 0.3) is 0 Å². The molecule has 1 saturated carbocycles. The van der Waals surface area contributed by atoms with Gasteiger partial charge in [-0.05, 0) is 37.8 Å². The summed E-state index contributed by atoms with van der Waals surface area (Å²) in [6.45, 7) is 2.78. The Labute approximate surface area is 96.0 Å². The number of nitrogens with two attached hydrogens (primary N) is 1. The number of nitrogen functional groups attached to an aromatic ring is 1. The number of hydrogen-bond acceptors (Lipinski definition) is 2. The van der Waals surface area contributed by atoms with Crippen LogP contribution in [0.25, 0.3) is 0 Å². The molecule has 0 aromatic heterocycles. The predicted octanol–water partition coefficient (Wildman–Crippen LogP) is 2.83. The van der Waals surface area contributed by atoms with Crippen LogP contribution >= 0.6 is 0 Å². The molecule has 0 bridgehead atoms. The number of hydrogen-bond donors (Lipinski definition) is 2. The molecule has 1 aromatic carbocycles. The maximum Gasteiger partial charge on any atom is 0.129 e. The molecule has 0 aliphatic heterocycles. The van der Waals surface area contributed by atoms with Crippen molar-refractivity contribution in [3.63, 3.8) is 0 Å². The van der Waals surface area contributed by atoms with Crippen molar-refractivity contribution in [2.45, 2.75) is 44.7 Å². The molecule has 1 aliphatic rings. The van der Waals surface area contributed by atoms with Crippen LogP contribution in [0.15, 0.2) is 18.2 Å². The summed E-state index contributed by atoms with van der Waals surface area (Å²) in [5.41, 5.74) is 6.95. The summed E-state index contributed by atoms with van der Waals surface area (Å²) in [7, 11) is 0. The van der Waals surface area contributed by atoms with Crippen LogP contribution in [-0.2, 0) is 6.54 Å². The predicted molar refractivity (Wildman–Crippen MR) is 64.5 cm³/mol. The second-order valence-corrected chi connectivity index (χ2v) is 4.69. The quantitative estimate of drug-likeness (QED) is 0.769. The fourth-order valence-electron chi connectivity index (χ4n) is 2.25. The Morgan fingerprint density at radius 1 is 1.44 bits per heavy atom. The fraction of sp³-hybridized carbons (Fsp3) is 0.538. The average molecular weight is 222 g/mol. The van der Waals surface area contributed by atoms with Gasteiger partial charge in [-0.25, -0.2) is 4.39 Å². The van der Waals surface area contributed by atoms with E-state index in [0.717, 1.165) is 6.42 Å². The summed E-state index contributed by atoms with van der Waals surface area (Å²) in [5, 5.41) is 3.48. The van der Waals surface area contributed by atoms with E-state index < -0.39 is 0 Å². The second-order valence-electron chi connectivity index (χ2n) is 4.69. The molecule has 16 heavy (non-hydrogen) atoms. The highest BCUT2D eigenvalue weighted by Gasteiger charge is 2.34. The Kier molecular flexibility index (Phi) is 3.15. The molecule has 2 nitrogen and oxygen atoms in total. The Bertz CT molecular complexity index is 367. The van der Waals surface area contributed by atoms with Crippen LogP contribution in [0.1, 0.15) is 38.2 Å². The highest BCUT2D eigenvalue weighted by atomic mass is 19.1. The lowest BCUT2D eigenvalue weighted by Gasteiger charge is -2.42. The van der Waals surface area contributed by atoms with Crippen LogP contribution in [0.4, 0.5) is 10.1 Å². The van der Waals surface area contributed by atoms with Crippen molar-refractivity contribution in [2.75, 3.05) is 5.73 Å². The van der Waals surface area contributed by atoms with E-state index in [1.54, 1.807) is 12.1 Å². The lowest BCUT2D eigenvalue weighted by molar-refractivity contribution is 0.175. The van der Waals surface area contributed by atoms with E-state index in [9.17, 15) is 4.39 Å². The van der Waals surface area contributed by atoms with E-state index in [-0.39, 0.29) is 11.4 Å². The van der Waals surface area contributed by atoms with E-state index in [2.05, 4.69) is 12.2 Å². The molecule has 0 radical (unpaired) electrons. The van der Waals surface area contributed by atoms with Gasteiger partial charge in [-0.2, -0.15) is 0 Å². The number of anilines is 1. The van der Waals surface area contributed by atoms with Crippen molar-refractivity contribution in [1.82, 2.24) is 5.32 Å². The monoisotopic (exact) mass is 222 g/mol. The van der Waals surface area contributed by atoms with E-state index in [1.807, 2.05) is 0 Å². The number of halogens is 1. The summed E-state index contributed by atoms with van der Waals surface area (Å²) >= 11 is 0. The molecule has 0 atom stereocenters. The van der Waals surface area contributed by atoms with Crippen LogP contribution in [0.5, 0.6) is 0 Å². The summed E-state index contributed by atoms with van der Waals surface area (Å²) in [6.07, 6.45) is 4.81. The topological polar surface area (TPSA) is 38.0 Å². The van der Waals surface area contributed by atoms with Gasteiger partial charge < -0.3 is 11.1 Å². The zero-order valence-corrected chi connectivity index (χ0v) is 9.72. The molecule has 1 aliphatic carbocycles. The first-order valence-electron chi connectivity index (χ1n) is 5.94. The minimum Gasteiger partial charge on any atom is -0.399 e. The van der Waals surface area contributed by atoms with Crippen LogP contribution in [0.3, 0.4) is 0 Å². The SMILES string of the molecule is CCC1(NCc2ccc(N)cc2F)CCC1. The summed E-state index contributed by atoms with van der Waals surface area (Å²) in [6, 6.07) is 4.90. The zero-order valence-electron chi connectivity index (χ0n) is 9.72. The van der Waals surface area contributed by atoms with Gasteiger partial charge in [0.2, 0.25) is 0 Å². The van der Waals surface area contributed by atoms with E-state index in [4.69, 9.17) is 5.73 Å². The molecule has 0 amide bonds. The van der Waals surface area contributed by atoms with Crippen LogP contribution in [0.2, 0.25) is 0 Å². The average Bonchev–Trinajstić information content (AvgIpc) is 2.19. The van der Waals surface area contributed by atoms with Crippen molar-refractivity contribution in [3.8, 4) is 0 Å². The molecule has 0 saturated heterocycles. The lowest BCUT2D eigenvalue weighted by atomic mass is 9.75. The van der Waals surface area contributed by atoms with Crippen molar-refractivity contribution >= 4 is 5.69 Å².